The summed E-state index contributed by atoms with van der Waals surface area (Å²) in [5.74, 6) is 0.443. The maximum Gasteiger partial charge on any atom is 0.237 e. The van der Waals surface area contributed by atoms with E-state index in [4.69, 9.17) is 32.9 Å². The van der Waals surface area contributed by atoms with Crippen LogP contribution in [0.5, 0.6) is 5.88 Å². The van der Waals surface area contributed by atoms with Gasteiger partial charge in [-0.2, -0.15) is 5.26 Å². The quantitative estimate of drug-likeness (QED) is 0.123. The van der Waals surface area contributed by atoms with Gasteiger partial charge in [-0.05, 0) is 42.9 Å². The molecule has 48 heavy (non-hydrogen) atoms. The number of nitrogens with one attached hydrogen (secondary N) is 4. The Balaban J connectivity index is 1.20. The summed E-state index contributed by atoms with van der Waals surface area (Å²) in [6.45, 7) is 10.7. The zero-order chi connectivity index (χ0) is 33.6. The highest BCUT2D eigenvalue weighted by Gasteiger charge is 2.20. The van der Waals surface area contributed by atoms with E-state index in [1.165, 1.54) is 0 Å². The van der Waals surface area contributed by atoms with E-state index in [1.807, 2.05) is 54.6 Å². The second-order valence-electron chi connectivity index (χ2n) is 12.3. The summed E-state index contributed by atoms with van der Waals surface area (Å²) in [7, 11) is 1.59. The number of allylic oxidation sites excluding steroid dienone is 2. The van der Waals surface area contributed by atoms with E-state index in [9.17, 15) is 5.26 Å². The van der Waals surface area contributed by atoms with Crippen molar-refractivity contribution >= 4 is 23.2 Å². The molecule has 3 heterocycles. The molecule has 0 spiro atoms. The van der Waals surface area contributed by atoms with Crippen LogP contribution in [0.3, 0.4) is 0 Å². The van der Waals surface area contributed by atoms with Gasteiger partial charge in [0.2, 0.25) is 5.88 Å². The third-order valence-corrected chi connectivity index (χ3v) is 9.72. The van der Waals surface area contributed by atoms with Crippen LogP contribution in [0.25, 0.3) is 33.5 Å². The molecular formula is C38H39Cl2N7O. The molecular weight excluding hydrogens is 641 g/mol. The topological polar surface area (TPSA) is 107 Å². The number of nitrogens with zero attached hydrogens (tertiary/aromatic N) is 3. The highest BCUT2D eigenvalue weighted by atomic mass is 35.5. The SMILES string of the molecule is C=C1CC[C@@H](CNCc2ccc(-c3cccc(-c4cccc(-c5cnc(CNC[C@@H]6CCC(=C)N6)c(OC)n5)c4Cl)c3Cl)cc2C#N)N1. The van der Waals surface area contributed by atoms with E-state index in [0.29, 0.717) is 52.4 Å². The van der Waals surface area contributed by atoms with Gasteiger partial charge in [-0.15, -0.1) is 0 Å². The van der Waals surface area contributed by atoms with Crippen LogP contribution in [-0.2, 0) is 13.1 Å². The Hall–Kier alpha value is -4.39. The Bertz CT molecular complexity index is 1890. The number of hydrogen-bond acceptors (Lipinski definition) is 8. The molecule has 10 heteroatoms. The zero-order valence-corrected chi connectivity index (χ0v) is 28.5. The molecule has 2 aliphatic heterocycles. The molecule has 0 aliphatic carbocycles. The van der Waals surface area contributed by atoms with Gasteiger partial charge < -0.3 is 26.0 Å². The predicted molar refractivity (Wildman–Crippen MR) is 194 cm³/mol. The average molecular weight is 681 g/mol. The normalized spacial score (nSPS) is 17.2. The first-order valence-corrected chi connectivity index (χ1v) is 16.9. The summed E-state index contributed by atoms with van der Waals surface area (Å²) in [6, 6.07) is 20.6. The fourth-order valence-corrected chi connectivity index (χ4v) is 6.99. The van der Waals surface area contributed by atoms with Crippen LogP contribution in [0.15, 0.2) is 85.3 Å². The average Bonchev–Trinajstić information content (AvgIpc) is 3.72. The first-order valence-electron chi connectivity index (χ1n) is 16.2. The number of ether oxygens (including phenoxy) is 1. The first-order chi connectivity index (χ1) is 23.3. The van der Waals surface area contributed by atoms with Crippen molar-refractivity contribution in [1.29, 1.82) is 5.26 Å². The maximum atomic E-state index is 9.98. The molecule has 4 N–H and O–H groups in total. The van der Waals surface area contributed by atoms with E-state index >= 15 is 0 Å². The summed E-state index contributed by atoms with van der Waals surface area (Å²) in [5.41, 5.74) is 8.97. The van der Waals surface area contributed by atoms with E-state index in [-0.39, 0.29) is 0 Å². The lowest BCUT2D eigenvalue weighted by molar-refractivity contribution is 0.386. The highest BCUT2D eigenvalue weighted by molar-refractivity contribution is 6.39. The molecule has 3 aromatic carbocycles. The second-order valence-corrected chi connectivity index (χ2v) is 13.0. The van der Waals surface area contributed by atoms with Crippen LogP contribution in [0.4, 0.5) is 0 Å². The molecule has 1 aromatic heterocycles. The number of rotatable bonds is 12. The summed E-state index contributed by atoms with van der Waals surface area (Å²) >= 11 is 14.2. The van der Waals surface area contributed by atoms with E-state index in [0.717, 1.165) is 89.2 Å². The van der Waals surface area contributed by atoms with Gasteiger partial charge in [0.15, 0.2) is 0 Å². The number of halogens is 2. The van der Waals surface area contributed by atoms with Crippen molar-refractivity contribution in [1.82, 2.24) is 31.2 Å². The Kier molecular flexibility index (Phi) is 10.6. The predicted octanol–water partition coefficient (Wildman–Crippen LogP) is 7.38. The van der Waals surface area contributed by atoms with Crippen molar-refractivity contribution in [3.63, 3.8) is 0 Å². The number of nitriles is 1. The molecule has 2 saturated heterocycles. The van der Waals surface area contributed by atoms with E-state index in [2.05, 4.69) is 45.5 Å². The van der Waals surface area contributed by atoms with Crippen molar-refractivity contribution in [3.8, 4) is 45.5 Å². The second kappa shape index (κ2) is 15.2. The van der Waals surface area contributed by atoms with Crippen molar-refractivity contribution in [3.05, 3.63) is 112 Å². The lowest BCUT2D eigenvalue weighted by Gasteiger charge is -2.16. The van der Waals surface area contributed by atoms with Crippen molar-refractivity contribution in [2.45, 2.75) is 50.9 Å². The zero-order valence-electron chi connectivity index (χ0n) is 27.0. The van der Waals surface area contributed by atoms with Crippen LogP contribution in [-0.4, -0.2) is 42.3 Å². The Morgan fingerprint density at radius 2 is 1.48 bits per heavy atom. The standard InChI is InChI=1S/C38H39Cl2N7O/c1-23-10-14-28(45-23)19-42-18-26-13-12-25(16-27(26)17-41)30-6-4-7-31(36(30)39)32-8-5-9-33(37(32)40)34-22-44-35(38(47-34)48-3)21-43-20-29-15-11-24(2)46-29/h4-9,12-13,16,22,28-29,42-43,45-46H,1-2,10-11,14-15,18-21H2,3H3/t28-,29-/m0/s1. The molecule has 2 aliphatic rings. The van der Waals surface area contributed by atoms with Gasteiger partial charge in [0.05, 0.1) is 40.7 Å². The first kappa shape index (κ1) is 33.5. The van der Waals surface area contributed by atoms with Gasteiger partial charge in [-0.1, -0.05) is 84.9 Å². The Labute approximate surface area is 292 Å². The molecule has 0 radical (unpaired) electrons. The number of methoxy groups -OCH3 is 1. The molecule has 0 unspecified atom stereocenters. The fraction of sp³-hybridized carbons (Fsp3) is 0.289. The van der Waals surface area contributed by atoms with Crippen LogP contribution in [0, 0.1) is 11.3 Å². The smallest absolute Gasteiger partial charge is 0.237 e. The summed E-state index contributed by atoms with van der Waals surface area (Å²) in [5, 5.41) is 24.7. The van der Waals surface area contributed by atoms with Crippen LogP contribution in [0.1, 0.15) is 42.5 Å². The summed E-state index contributed by atoms with van der Waals surface area (Å²) in [4.78, 5) is 9.44. The fourth-order valence-electron chi connectivity index (χ4n) is 6.33. The molecule has 0 saturated carbocycles. The molecule has 4 aromatic rings. The minimum Gasteiger partial charge on any atom is -0.480 e. The third-order valence-electron chi connectivity index (χ3n) is 8.90. The largest absolute Gasteiger partial charge is 0.480 e. The summed E-state index contributed by atoms with van der Waals surface area (Å²) in [6.07, 6.45) is 5.86. The molecule has 2 fully saturated rings. The van der Waals surface area contributed by atoms with Gasteiger partial charge in [-0.25, -0.2) is 4.98 Å². The Morgan fingerprint density at radius 3 is 2.08 bits per heavy atom. The molecule has 8 nitrogen and oxygen atoms in total. The molecule has 246 valence electrons. The van der Waals surface area contributed by atoms with E-state index < -0.39 is 0 Å². The molecule has 0 amide bonds. The highest BCUT2D eigenvalue weighted by Crippen LogP contribution is 2.42. The lowest BCUT2D eigenvalue weighted by Crippen LogP contribution is -2.33. The maximum absolute atomic E-state index is 9.98. The third kappa shape index (κ3) is 7.51. The van der Waals surface area contributed by atoms with Crippen molar-refractivity contribution in [2.75, 3.05) is 20.2 Å². The van der Waals surface area contributed by atoms with Gasteiger partial charge in [-0.3, -0.25) is 4.98 Å². The van der Waals surface area contributed by atoms with Crippen LogP contribution in [0.2, 0.25) is 10.0 Å². The number of hydrogen-bond donors (Lipinski definition) is 4. The van der Waals surface area contributed by atoms with E-state index in [1.54, 1.807) is 13.3 Å². The monoisotopic (exact) mass is 679 g/mol. The molecule has 6 rings (SSSR count). The van der Waals surface area contributed by atoms with Gasteiger partial charge in [0.25, 0.3) is 0 Å². The van der Waals surface area contributed by atoms with Gasteiger partial charge in [0, 0.05) is 71.9 Å². The van der Waals surface area contributed by atoms with Gasteiger partial charge >= 0.3 is 0 Å². The molecule has 2 atom stereocenters. The number of aromatic nitrogens is 2. The molecule has 0 bridgehead atoms. The number of benzene rings is 3. The minimum absolute atomic E-state index is 0.364. The minimum atomic E-state index is 0.364. The van der Waals surface area contributed by atoms with Gasteiger partial charge in [0.1, 0.15) is 5.69 Å². The van der Waals surface area contributed by atoms with Crippen LogP contribution < -0.4 is 26.0 Å². The lowest BCUT2D eigenvalue weighted by atomic mass is 9.95. The van der Waals surface area contributed by atoms with Crippen LogP contribution >= 0.6 is 23.2 Å². The summed E-state index contributed by atoms with van der Waals surface area (Å²) < 4.78 is 5.62. The van der Waals surface area contributed by atoms with Crippen molar-refractivity contribution < 1.29 is 4.74 Å². The van der Waals surface area contributed by atoms with Crippen molar-refractivity contribution in [2.24, 2.45) is 0 Å². The Morgan fingerprint density at radius 1 is 0.875 bits per heavy atom.